The van der Waals surface area contributed by atoms with Gasteiger partial charge in [0.15, 0.2) is 0 Å². The molecule has 2 heterocycles. The number of aromatic nitrogens is 2. The second-order valence-corrected chi connectivity index (χ2v) is 6.25. The van der Waals surface area contributed by atoms with Gasteiger partial charge in [-0.3, -0.25) is 9.36 Å². The van der Waals surface area contributed by atoms with E-state index in [2.05, 4.69) is 4.98 Å². The summed E-state index contributed by atoms with van der Waals surface area (Å²) >= 11 is 0. The molecular weight excluding hydrogens is 338 g/mol. The van der Waals surface area contributed by atoms with Gasteiger partial charge in [0, 0.05) is 6.54 Å². The predicted molar refractivity (Wildman–Crippen MR) is 107 cm³/mol. The number of hydrogen-bond acceptors (Lipinski definition) is 4. The normalized spacial score (nSPS) is 11.4. The van der Waals surface area contributed by atoms with Gasteiger partial charge >= 0.3 is 0 Å². The van der Waals surface area contributed by atoms with Crippen LogP contribution in [0.3, 0.4) is 0 Å². The molecule has 5 nitrogen and oxygen atoms in total. The Kier molecular flexibility index (Phi) is 4.68. The summed E-state index contributed by atoms with van der Waals surface area (Å²) in [7, 11) is 0. The van der Waals surface area contributed by atoms with Crippen LogP contribution in [0.15, 0.2) is 76.1 Å². The van der Waals surface area contributed by atoms with Crippen molar-refractivity contribution >= 4 is 23.1 Å². The molecule has 0 unspecified atom stereocenters. The average Bonchev–Trinajstić information content (AvgIpc) is 3.23. The van der Waals surface area contributed by atoms with E-state index in [1.54, 1.807) is 23.0 Å². The molecule has 2 aromatic carbocycles. The summed E-state index contributed by atoms with van der Waals surface area (Å²) in [6.45, 7) is 0.881. The van der Waals surface area contributed by atoms with E-state index in [0.717, 1.165) is 11.1 Å². The summed E-state index contributed by atoms with van der Waals surface area (Å²) in [4.78, 5) is 17.8. The second kappa shape index (κ2) is 7.43. The average molecular weight is 357 g/mol. The third-order valence-electron chi connectivity index (χ3n) is 4.40. The maximum Gasteiger partial charge on any atom is 0.261 e. The fourth-order valence-electron chi connectivity index (χ4n) is 3.05. The number of para-hydroxylation sites is 1. The molecule has 0 fully saturated rings. The molecule has 4 rings (SSSR count). The van der Waals surface area contributed by atoms with Crippen LogP contribution in [-0.4, -0.2) is 9.55 Å². The minimum Gasteiger partial charge on any atom is -0.465 e. The van der Waals surface area contributed by atoms with Crippen LogP contribution in [0.5, 0.6) is 0 Å². The summed E-state index contributed by atoms with van der Waals surface area (Å²) in [5.74, 6) is 1.28. The first-order valence-corrected chi connectivity index (χ1v) is 8.73. The second-order valence-electron chi connectivity index (χ2n) is 6.25. The highest BCUT2D eigenvalue weighted by Crippen LogP contribution is 2.14. The molecule has 27 heavy (non-hydrogen) atoms. The molecule has 0 amide bonds. The monoisotopic (exact) mass is 357 g/mol. The van der Waals surface area contributed by atoms with E-state index in [-0.39, 0.29) is 5.56 Å². The molecule has 2 N–H and O–H groups in total. The van der Waals surface area contributed by atoms with Crippen molar-refractivity contribution < 1.29 is 4.42 Å². The van der Waals surface area contributed by atoms with Crippen LogP contribution < -0.4 is 11.3 Å². The quantitative estimate of drug-likeness (QED) is 0.591. The van der Waals surface area contributed by atoms with Crippen molar-refractivity contribution in [2.75, 3.05) is 0 Å². The lowest BCUT2D eigenvalue weighted by Gasteiger charge is -2.12. The number of nitrogens with zero attached hydrogens (tertiary/aromatic N) is 2. The minimum atomic E-state index is -0.0714. The van der Waals surface area contributed by atoms with Crippen molar-refractivity contribution in [2.45, 2.75) is 13.1 Å². The molecule has 0 spiro atoms. The maximum atomic E-state index is 13.1. The lowest BCUT2D eigenvalue weighted by molar-refractivity contribution is 0.557. The van der Waals surface area contributed by atoms with Gasteiger partial charge in [0.05, 0.1) is 23.7 Å². The highest BCUT2D eigenvalue weighted by Gasteiger charge is 2.10. The molecule has 0 aliphatic carbocycles. The topological polar surface area (TPSA) is 74.1 Å². The van der Waals surface area contributed by atoms with Gasteiger partial charge in [0.2, 0.25) is 0 Å². The first kappa shape index (κ1) is 17.0. The number of nitrogens with two attached hydrogens (primary N) is 1. The van der Waals surface area contributed by atoms with Crippen LogP contribution in [0, 0.1) is 0 Å². The SMILES string of the molecule is NCc1cccc(Cn2c(C=Cc3ccco3)nc3ccccc3c2=O)c1. The first-order chi connectivity index (χ1) is 13.2. The molecule has 4 aromatic rings. The summed E-state index contributed by atoms with van der Waals surface area (Å²) in [5, 5.41) is 0.600. The molecule has 0 aliphatic rings. The maximum absolute atomic E-state index is 13.1. The number of hydrogen-bond donors (Lipinski definition) is 1. The van der Waals surface area contributed by atoms with Gasteiger partial charge in [-0.2, -0.15) is 0 Å². The van der Waals surface area contributed by atoms with Crippen molar-refractivity contribution in [3.05, 3.63) is 100.0 Å². The zero-order valence-corrected chi connectivity index (χ0v) is 14.7. The van der Waals surface area contributed by atoms with Crippen molar-refractivity contribution in [1.82, 2.24) is 9.55 Å². The molecule has 0 saturated carbocycles. The van der Waals surface area contributed by atoms with E-state index in [0.29, 0.717) is 35.6 Å². The molecule has 0 radical (unpaired) electrons. The molecule has 134 valence electrons. The smallest absolute Gasteiger partial charge is 0.261 e. The minimum absolute atomic E-state index is 0.0714. The molecule has 0 atom stereocenters. The Morgan fingerprint density at radius 2 is 1.85 bits per heavy atom. The molecule has 0 saturated heterocycles. The number of furan rings is 1. The summed E-state index contributed by atoms with van der Waals surface area (Å²) in [6, 6.07) is 19.0. The predicted octanol–water partition coefficient (Wildman–Crippen LogP) is 3.67. The van der Waals surface area contributed by atoms with E-state index in [1.807, 2.05) is 60.7 Å². The highest BCUT2D eigenvalue weighted by atomic mass is 16.3. The lowest BCUT2D eigenvalue weighted by atomic mass is 10.1. The van der Waals surface area contributed by atoms with E-state index >= 15 is 0 Å². The van der Waals surface area contributed by atoms with Gasteiger partial charge in [0.25, 0.3) is 5.56 Å². The fraction of sp³-hybridized carbons (Fsp3) is 0.0909. The Hall–Kier alpha value is -3.44. The van der Waals surface area contributed by atoms with Crippen LogP contribution in [0.25, 0.3) is 23.1 Å². The zero-order valence-electron chi connectivity index (χ0n) is 14.7. The van der Waals surface area contributed by atoms with Gasteiger partial charge < -0.3 is 10.2 Å². The Morgan fingerprint density at radius 1 is 1.00 bits per heavy atom. The van der Waals surface area contributed by atoms with Crippen LogP contribution in [-0.2, 0) is 13.1 Å². The number of benzene rings is 2. The Bertz CT molecular complexity index is 1160. The van der Waals surface area contributed by atoms with Crippen LogP contribution in [0.1, 0.15) is 22.7 Å². The van der Waals surface area contributed by atoms with E-state index in [1.165, 1.54) is 0 Å². The summed E-state index contributed by atoms with van der Waals surface area (Å²) in [5.41, 5.74) is 8.38. The third kappa shape index (κ3) is 3.59. The Morgan fingerprint density at radius 3 is 2.67 bits per heavy atom. The fourth-order valence-corrected chi connectivity index (χ4v) is 3.05. The standard InChI is InChI=1S/C22H19N3O2/c23-14-16-5-3-6-17(13-16)15-25-21(11-10-18-7-4-12-27-18)24-20-9-2-1-8-19(20)22(25)26/h1-13H,14-15,23H2. The lowest BCUT2D eigenvalue weighted by Crippen LogP contribution is -2.24. The van der Waals surface area contributed by atoms with Gasteiger partial charge in [-0.25, -0.2) is 4.98 Å². The number of rotatable bonds is 5. The molecule has 0 aliphatic heterocycles. The molecule has 0 bridgehead atoms. The summed E-state index contributed by atoms with van der Waals surface area (Å²) in [6.07, 6.45) is 5.22. The van der Waals surface area contributed by atoms with Gasteiger partial charge in [-0.05, 0) is 47.5 Å². The van der Waals surface area contributed by atoms with Crippen LogP contribution in [0.2, 0.25) is 0 Å². The van der Waals surface area contributed by atoms with Crippen LogP contribution >= 0.6 is 0 Å². The summed E-state index contributed by atoms with van der Waals surface area (Å²) < 4.78 is 7.02. The largest absolute Gasteiger partial charge is 0.465 e. The number of fused-ring (bicyclic) bond motifs is 1. The highest BCUT2D eigenvalue weighted by molar-refractivity contribution is 5.79. The van der Waals surface area contributed by atoms with Gasteiger partial charge in [-0.1, -0.05) is 36.4 Å². The zero-order chi connectivity index (χ0) is 18.6. The Balaban J connectivity index is 1.84. The van der Waals surface area contributed by atoms with Crippen LogP contribution in [0.4, 0.5) is 0 Å². The molecular formula is C22H19N3O2. The van der Waals surface area contributed by atoms with E-state index < -0.39 is 0 Å². The van der Waals surface area contributed by atoms with Gasteiger partial charge in [-0.15, -0.1) is 0 Å². The van der Waals surface area contributed by atoms with E-state index in [4.69, 9.17) is 10.2 Å². The molecule has 2 aromatic heterocycles. The first-order valence-electron chi connectivity index (χ1n) is 8.73. The van der Waals surface area contributed by atoms with Crippen molar-refractivity contribution in [3.8, 4) is 0 Å². The molecule has 5 heteroatoms. The van der Waals surface area contributed by atoms with Crippen molar-refractivity contribution in [1.29, 1.82) is 0 Å². The van der Waals surface area contributed by atoms with E-state index in [9.17, 15) is 4.79 Å². The van der Waals surface area contributed by atoms with Crippen molar-refractivity contribution in [3.63, 3.8) is 0 Å². The van der Waals surface area contributed by atoms with Gasteiger partial charge in [0.1, 0.15) is 11.6 Å². The van der Waals surface area contributed by atoms with Crippen molar-refractivity contribution in [2.24, 2.45) is 5.73 Å². The Labute approximate surface area is 156 Å². The third-order valence-corrected chi connectivity index (χ3v) is 4.40.